The van der Waals surface area contributed by atoms with Crippen LogP contribution >= 0.6 is 0 Å². The third kappa shape index (κ3) is 2.79. The Morgan fingerprint density at radius 3 is 2.68 bits per heavy atom. The van der Waals surface area contributed by atoms with Gasteiger partial charge in [0.25, 0.3) is 5.91 Å². The number of aromatic amines is 1. The average molecular weight is 265 g/mol. The van der Waals surface area contributed by atoms with Crippen molar-refractivity contribution < 1.29 is 19.6 Å². The molecular formula is C11H11N3O5. The molecule has 1 aliphatic carbocycles. The first-order chi connectivity index (χ1) is 8.97. The van der Waals surface area contributed by atoms with E-state index >= 15 is 0 Å². The zero-order chi connectivity index (χ0) is 14.0. The molecule has 0 aliphatic heterocycles. The summed E-state index contributed by atoms with van der Waals surface area (Å²) in [4.78, 5) is 34.7. The molecule has 8 nitrogen and oxygen atoms in total. The van der Waals surface area contributed by atoms with Gasteiger partial charge in [-0.3, -0.25) is 9.59 Å². The van der Waals surface area contributed by atoms with Gasteiger partial charge in [0.15, 0.2) is 5.69 Å². The first kappa shape index (κ1) is 12.8. The molecule has 0 fully saturated rings. The van der Waals surface area contributed by atoms with Gasteiger partial charge in [-0.25, -0.2) is 4.98 Å². The van der Waals surface area contributed by atoms with Gasteiger partial charge in [-0.2, -0.15) is 0 Å². The summed E-state index contributed by atoms with van der Waals surface area (Å²) in [5, 5.41) is 21.9. The van der Waals surface area contributed by atoms with Crippen molar-refractivity contribution in [2.45, 2.75) is 12.5 Å². The maximum Gasteiger partial charge on any atom is 0.321 e. The van der Waals surface area contributed by atoms with Gasteiger partial charge in [-0.15, -0.1) is 0 Å². The number of nitro groups is 1. The van der Waals surface area contributed by atoms with E-state index in [0.29, 0.717) is 0 Å². The molecule has 1 aromatic rings. The van der Waals surface area contributed by atoms with Crippen LogP contribution < -0.4 is 5.32 Å². The number of amides is 1. The summed E-state index contributed by atoms with van der Waals surface area (Å²) in [6.45, 7) is 0. The van der Waals surface area contributed by atoms with Crippen LogP contribution in [0.3, 0.4) is 0 Å². The van der Waals surface area contributed by atoms with Crippen molar-refractivity contribution in [1.29, 1.82) is 0 Å². The molecule has 19 heavy (non-hydrogen) atoms. The van der Waals surface area contributed by atoms with Crippen molar-refractivity contribution in [2.24, 2.45) is 5.92 Å². The van der Waals surface area contributed by atoms with Crippen LogP contribution in [0.2, 0.25) is 0 Å². The van der Waals surface area contributed by atoms with E-state index in [-0.39, 0.29) is 24.0 Å². The number of carboxylic acids is 1. The van der Waals surface area contributed by atoms with E-state index in [0.717, 1.165) is 0 Å². The molecule has 0 saturated carbocycles. The molecule has 100 valence electrons. The summed E-state index contributed by atoms with van der Waals surface area (Å²) in [5.74, 6) is -2.32. The Labute approximate surface area is 107 Å². The Hall–Kier alpha value is -2.64. The minimum absolute atomic E-state index is 0.0684. The fraction of sp³-hybridized carbons (Fsp3) is 0.273. The van der Waals surface area contributed by atoms with E-state index in [9.17, 15) is 19.7 Å². The number of nitrogens with one attached hydrogen (secondary N) is 2. The van der Waals surface area contributed by atoms with E-state index in [1.807, 2.05) is 0 Å². The van der Waals surface area contributed by atoms with Gasteiger partial charge in [0.2, 0.25) is 0 Å². The summed E-state index contributed by atoms with van der Waals surface area (Å²) in [6, 6.07) is 2.12. The number of carboxylic acid groups (broad SMARTS) is 1. The van der Waals surface area contributed by atoms with E-state index in [2.05, 4.69) is 10.3 Å². The molecule has 0 aromatic carbocycles. The first-order valence-corrected chi connectivity index (χ1v) is 5.53. The largest absolute Gasteiger partial charge is 0.481 e. The second-order valence-electron chi connectivity index (χ2n) is 4.16. The Balaban J connectivity index is 1.96. The van der Waals surface area contributed by atoms with Crippen molar-refractivity contribution >= 4 is 17.7 Å². The number of aromatic nitrogens is 1. The van der Waals surface area contributed by atoms with Crippen LogP contribution in [0, 0.1) is 16.0 Å². The topological polar surface area (TPSA) is 125 Å². The van der Waals surface area contributed by atoms with Crippen LogP contribution in [-0.2, 0) is 4.79 Å². The Bertz CT molecular complexity index is 562. The van der Waals surface area contributed by atoms with Gasteiger partial charge in [-0.1, -0.05) is 12.2 Å². The van der Waals surface area contributed by atoms with Gasteiger partial charge in [0, 0.05) is 12.1 Å². The zero-order valence-corrected chi connectivity index (χ0v) is 9.70. The summed E-state index contributed by atoms with van der Waals surface area (Å²) in [5.41, 5.74) is 0.0684. The molecule has 3 N–H and O–H groups in total. The number of carbonyl (C=O) groups is 2. The van der Waals surface area contributed by atoms with Gasteiger partial charge in [0.05, 0.1) is 5.92 Å². The minimum Gasteiger partial charge on any atom is -0.481 e. The fourth-order valence-corrected chi connectivity index (χ4v) is 1.86. The molecule has 1 aromatic heterocycles. The Morgan fingerprint density at radius 2 is 2.16 bits per heavy atom. The van der Waals surface area contributed by atoms with Crippen molar-refractivity contribution in [1.82, 2.24) is 10.3 Å². The molecule has 1 amide bonds. The Morgan fingerprint density at radius 1 is 1.42 bits per heavy atom. The molecule has 0 saturated heterocycles. The Kier molecular flexibility index (Phi) is 3.32. The van der Waals surface area contributed by atoms with Crippen LogP contribution in [0.4, 0.5) is 5.82 Å². The highest BCUT2D eigenvalue weighted by Gasteiger charge is 2.26. The highest BCUT2D eigenvalue weighted by Crippen LogP contribution is 2.18. The van der Waals surface area contributed by atoms with E-state index in [1.165, 1.54) is 18.2 Å². The highest BCUT2D eigenvalue weighted by atomic mass is 16.6. The van der Waals surface area contributed by atoms with Gasteiger partial charge < -0.3 is 20.5 Å². The quantitative estimate of drug-likeness (QED) is 0.419. The van der Waals surface area contributed by atoms with Crippen molar-refractivity contribution in [3.05, 3.63) is 40.1 Å². The number of aliphatic carboxylic acids is 1. The van der Waals surface area contributed by atoms with Gasteiger partial charge in [0.1, 0.15) is 0 Å². The number of rotatable bonds is 4. The third-order valence-corrected chi connectivity index (χ3v) is 2.83. The SMILES string of the molecule is O=C(NC1C=CC(C(=O)O)C1)c1ccc([N+](=O)[O-])[nH]1. The second kappa shape index (κ2) is 4.92. The lowest BCUT2D eigenvalue weighted by Gasteiger charge is -2.10. The molecule has 8 heteroatoms. The van der Waals surface area contributed by atoms with Gasteiger partial charge >= 0.3 is 11.8 Å². The van der Waals surface area contributed by atoms with Crippen LogP contribution in [-0.4, -0.2) is 32.9 Å². The van der Waals surface area contributed by atoms with Crippen molar-refractivity contribution in [2.75, 3.05) is 0 Å². The lowest BCUT2D eigenvalue weighted by Crippen LogP contribution is -2.33. The second-order valence-corrected chi connectivity index (χ2v) is 4.16. The van der Waals surface area contributed by atoms with Crippen molar-refractivity contribution in [3.63, 3.8) is 0 Å². The number of carbonyl (C=O) groups excluding carboxylic acids is 1. The highest BCUT2D eigenvalue weighted by molar-refractivity contribution is 5.93. The number of H-pyrrole nitrogens is 1. The van der Waals surface area contributed by atoms with Crippen LogP contribution in [0.25, 0.3) is 0 Å². The molecule has 1 heterocycles. The lowest BCUT2D eigenvalue weighted by atomic mass is 10.1. The number of nitrogens with zero attached hydrogens (tertiary/aromatic N) is 1. The van der Waals surface area contributed by atoms with Gasteiger partial charge in [-0.05, 0) is 17.4 Å². The predicted molar refractivity (Wildman–Crippen MR) is 63.6 cm³/mol. The lowest BCUT2D eigenvalue weighted by molar-refractivity contribution is -0.389. The summed E-state index contributed by atoms with van der Waals surface area (Å²) in [7, 11) is 0. The zero-order valence-electron chi connectivity index (χ0n) is 9.70. The standard InChI is InChI=1S/C11H11N3O5/c15-10(8-3-4-9(13-8)14(18)19)12-7-2-1-6(5-7)11(16)17/h1-4,6-7,13H,5H2,(H,12,15)(H,16,17). The maximum absolute atomic E-state index is 11.8. The normalized spacial score (nSPS) is 21.3. The maximum atomic E-state index is 11.8. The van der Waals surface area contributed by atoms with Crippen LogP contribution in [0.1, 0.15) is 16.9 Å². The average Bonchev–Trinajstić information content (AvgIpc) is 2.96. The van der Waals surface area contributed by atoms with E-state index < -0.39 is 22.7 Å². The molecule has 1 aliphatic rings. The molecule has 2 unspecified atom stereocenters. The van der Waals surface area contributed by atoms with Crippen molar-refractivity contribution in [3.8, 4) is 0 Å². The summed E-state index contributed by atoms with van der Waals surface area (Å²) < 4.78 is 0. The molecular weight excluding hydrogens is 254 g/mol. The fourth-order valence-electron chi connectivity index (χ4n) is 1.86. The molecule has 0 radical (unpaired) electrons. The molecule has 2 rings (SSSR count). The molecule has 2 atom stereocenters. The summed E-state index contributed by atoms with van der Waals surface area (Å²) in [6.07, 6.45) is 3.41. The smallest absolute Gasteiger partial charge is 0.321 e. The van der Waals surface area contributed by atoms with Crippen LogP contribution in [0.15, 0.2) is 24.3 Å². The molecule has 0 bridgehead atoms. The number of hydrogen-bond acceptors (Lipinski definition) is 4. The number of hydrogen-bond donors (Lipinski definition) is 3. The first-order valence-electron chi connectivity index (χ1n) is 5.53. The third-order valence-electron chi connectivity index (χ3n) is 2.83. The van der Waals surface area contributed by atoms with E-state index in [4.69, 9.17) is 5.11 Å². The monoisotopic (exact) mass is 265 g/mol. The molecule has 0 spiro atoms. The predicted octanol–water partition coefficient (Wildman–Crippen LogP) is 0.682. The minimum atomic E-state index is -0.941. The summed E-state index contributed by atoms with van der Waals surface area (Å²) >= 11 is 0. The van der Waals surface area contributed by atoms with Crippen LogP contribution in [0.5, 0.6) is 0 Å². The van der Waals surface area contributed by atoms with E-state index in [1.54, 1.807) is 6.08 Å².